The summed E-state index contributed by atoms with van der Waals surface area (Å²) in [7, 11) is 2.11. The molecule has 3 saturated heterocycles. The number of piperidine rings is 2. The van der Waals surface area contributed by atoms with Gasteiger partial charge < -0.3 is 15.5 Å². The Labute approximate surface area is 184 Å². The molecule has 1 aromatic heterocycles. The quantitative estimate of drug-likeness (QED) is 0.586. The Bertz CT molecular complexity index is 1160. The van der Waals surface area contributed by atoms with Crippen molar-refractivity contribution < 1.29 is 14.0 Å². The first-order valence-electron chi connectivity index (χ1n) is 10.8. The summed E-state index contributed by atoms with van der Waals surface area (Å²) in [6.45, 7) is 1.88. The van der Waals surface area contributed by atoms with Crippen molar-refractivity contribution in [2.75, 3.05) is 25.5 Å². The number of amides is 3. The van der Waals surface area contributed by atoms with E-state index >= 15 is 0 Å². The molecule has 32 heavy (non-hydrogen) atoms. The third-order valence-corrected chi connectivity index (χ3v) is 6.45. The summed E-state index contributed by atoms with van der Waals surface area (Å²) in [4.78, 5) is 29.9. The summed E-state index contributed by atoms with van der Waals surface area (Å²) in [5.74, 6) is -0.390. The van der Waals surface area contributed by atoms with Crippen LogP contribution in [-0.4, -0.2) is 64.2 Å². The summed E-state index contributed by atoms with van der Waals surface area (Å²) in [6, 6.07) is 11.5. The number of aromatic nitrogens is 2. The smallest absolute Gasteiger partial charge is 0.319 e. The number of H-pyrrole nitrogens is 1. The molecule has 0 aliphatic carbocycles. The van der Waals surface area contributed by atoms with E-state index in [-0.39, 0.29) is 30.3 Å². The van der Waals surface area contributed by atoms with Gasteiger partial charge in [0.05, 0.1) is 5.52 Å². The second kappa shape index (κ2) is 8.23. The summed E-state index contributed by atoms with van der Waals surface area (Å²) in [6.07, 6.45) is 2.14. The maximum Gasteiger partial charge on any atom is 0.319 e. The summed E-state index contributed by atoms with van der Waals surface area (Å²) in [5, 5.41) is 13.4. The van der Waals surface area contributed by atoms with Crippen LogP contribution in [0.5, 0.6) is 0 Å². The zero-order chi connectivity index (χ0) is 22.2. The van der Waals surface area contributed by atoms with E-state index in [2.05, 4.69) is 32.8 Å². The number of nitrogens with zero attached hydrogens (tertiary/aromatic N) is 3. The highest BCUT2D eigenvalue weighted by atomic mass is 19.1. The molecular weight excluding hydrogens is 411 g/mol. The zero-order valence-electron chi connectivity index (χ0n) is 17.8. The lowest BCUT2D eigenvalue weighted by molar-refractivity contribution is -0.000328. The number of carbonyl (C=O) groups excluding carboxylic acids is 2. The molecule has 3 fully saturated rings. The summed E-state index contributed by atoms with van der Waals surface area (Å²) >= 11 is 0. The Morgan fingerprint density at radius 1 is 1.12 bits per heavy atom. The molecular formula is C23H25FN6O2. The number of anilines is 1. The van der Waals surface area contributed by atoms with Crippen LogP contribution in [0.4, 0.5) is 14.9 Å². The number of benzene rings is 2. The van der Waals surface area contributed by atoms with Gasteiger partial charge in [-0.1, -0.05) is 12.1 Å². The van der Waals surface area contributed by atoms with Crippen LogP contribution in [-0.2, 0) is 6.54 Å². The van der Waals surface area contributed by atoms with Gasteiger partial charge >= 0.3 is 6.03 Å². The SMILES string of the molecule is CN1CC2CCC1CN2C(=O)c1n[nH]c2ccc(NC(=O)NCc3ccc(F)cc3)cc12. The van der Waals surface area contributed by atoms with Gasteiger partial charge in [0.25, 0.3) is 5.91 Å². The highest BCUT2D eigenvalue weighted by Gasteiger charge is 2.40. The van der Waals surface area contributed by atoms with Crippen LogP contribution in [0.25, 0.3) is 10.9 Å². The van der Waals surface area contributed by atoms with Gasteiger partial charge in [0.2, 0.25) is 0 Å². The van der Waals surface area contributed by atoms with E-state index in [1.54, 1.807) is 30.3 Å². The molecule has 3 N–H and O–H groups in total. The van der Waals surface area contributed by atoms with Crippen molar-refractivity contribution in [1.29, 1.82) is 0 Å². The van der Waals surface area contributed by atoms with Crippen molar-refractivity contribution in [3.8, 4) is 0 Å². The Morgan fingerprint density at radius 3 is 2.62 bits per heavy atom. The molecule has 166 valence electrons. The van der Waals surface area contributed by atoms with Gasteiger partial charge in [-0.05, 0) is 55.8 Å². The van der Waals surface area contributed by atoms with E-state index in [9.17, 15) is 14.0 Å². The number of carbonyl (C=O) groups is 2. The predicted octanol–water partition coefficient (Wildman–Crippen LogP) is 2.94. The number of halogens is 1. The second-order valence-corrected chi connectivity index (χ2v) is 8.55. The third-order valence-electron chi connectivity index (χ3n) is 6.45. The minimum atomic E-state index is -0.388. The summed E-state index contributed by atoms with van der Waals surface area (Å²) < 4.78 is 13.0. The second-order valence-electron chi connectivity index (χ2n) is 8.55. The molecule has 3 aromatic rings. The van der Waals surface area contributed by atoms with E-state index in [0.717, 1.165) is 37.0 Å². The number of hydrogen-bond donors (Lipinski definition) is 3. The molecule has 2 bridgehead atoms. The van der Waals surface area contributed by atoms with Crippen LogP contribution in [0.15, 0.2) is 42.5 Å². The van der Waals surface area contributed by atoms with Crippen molar-refractivity contribution in [1.82, 2.24) is 25.3 Å². The number of rotatable bonds is 4. The van der Waals surface area contributed by atoms with Gasteiger partial charge in [0.15, 0.2) is 5.69 Å². The van der Waals surface area contributed by atoms with Crippen molar-refractivity contribution >= 4 is 28.5 Å². The van der Waals surface area contributed by atoms with Crippen LogP contribution in [0.2, 0.25) is 0 Å². The molecule has 3 aliphatic heterocycles. The van der Waals surface area contributed by atoms with Gasteiger partial charge in [0, 0.05) is 42.8 Å². The number of aromatic amines is 1. The number of piperazine rings is 1. The number of fused-ring (bicyclic) bond motifs is 4. The first-order valence-corrected chi connectivity index (χ1v) is 10.8. The van der Waals surface area contributed by atoms with Crippen molar-refractivity contribution in [3.63, 3.8) is 0 Å². The van der Waals surface area contributed by atoms with Gasteiger partial charge in [-0.25, -0.2) is 9.18 Å². The summed E-state index contributed by atoms with van der Waals surface area (Å²) in [5.41, 5.74) is 2.47. The van der Waals surface area contributed by atoms with Gasteiger partial charge in [0.1, 0.15) is 5.82 Å². The molecule has 6 rings (SSSR count). The fraction of sp³-hybridized carbons (Fsp3) is 0.348. The van der Waals surface area contributed by atoms with E-state index in [0.29, 0.717) is 22.8 Å². The van der Waals surface area contributed by atoms with Crippen LogP contribution in [0, 0.1) is 5.82 Å². The molecule has 2 aromatic carbocycles. The van der Waals surface area contributed by atoms with Crippen molar-refractivity contribution in [2.45, 2.75) is 31.5 Å². The van der Waals surface area contributed by atoms with E-state index in [1.807, 2.05) is 4.90 Å². The lowest BCUT2D eigenvalue weighted by Crippen LogP contribution is -2.62. The molecule has 0 saturated carbocycles. The first-order chi connectivity index (χ1) is 15.5. The van der Waals surface area contributed by atoms with E-state index in [4.69, 9.17) is 0 Å². The highest BCUT2D eigenvalue weighted by molar-refractivity contribution is 6.06. The average molecular weight is 436 g/mol. The van der Waals surface area contributed by atoms with E-state index in [1.165, 1.54) is 12.1 Å². The monoisotopic (exact) mass is 436 g/mol. The van der Waals surface area contributed by atoms with Gasteiger partial charge in [-0.3, -0.25) is 14.8 Å². The molecule has 8 nitrogen and oxygen atoms in total. The van der Waals surface area contributed by atoms with Crippen LogP contribution in [0.1, 0.15) is 28.9 Å². The molecule has 0 spiro atoms. The first kappa shape index (κ1) is 20.4. The van der Waals surface area contributed by atoms with Gasteiger partial charge in [-0.15, -0.1) is 0 Å². The molecule has 3 amide bonds. The molecule has 4 heterocycles. The predicted molar refractivity (Wildman–Crippen MR) is 119 cm³/mol. The number of urea groups is 1. The standard InChI is InChI=1S/C23H25FN6O2/c1-29-12-18-8-7-17(29)13-30(18)22(31)21-19-10-16(6-9-20(19)27-28-21)26-23(32)25-11-14-2-4-15(24)5-3-14/h2-6,9-10,17-18H,7-8,11-13H2,1H3,(H,27,28)(H2,25,26,32). The van der Waals surface area contributed by atoms with Crippen molar-refractivity contribution in [3.05, 3.63) is 59.5 Å². The molecule has 2 atom stereocenters. The Hall–Kier alpha value is -3.46. The van der Waals surface area contributed by atoms with Crippen LogP contribution < -0.4 is 10.6 Å². The van der Waals surface area contributed by atoms with Crippen molar-refractivity contribution in [2.24, 2.45) is 0 Å². The van der Waals surface area contributed by atoms with Gasteiger partial charge in [-0.2, -0.15) is 5.10 Å². The normalized spacial score (nSPS) is 20.5. The Kier molecular flexibility index (Phi) is 5.26. The van der Waals surface area contributed by atoms with E-state index < -0.39 is 0 Å². The highest BCUT2D eigenvalue weighted by Crippen LogP contribution is 2.30. The molecule has 3 aliphatic rings. The fourth-order valence-corrected chi connectivity index (χ4v) is 4.64. The minimum absolute atomic E-state index is 0.0723. The van der Waals surface area contributed by atoms with Crippen LogP contribution in [0.3, 0.4) is 0 Å². The average Bonchev–Trinajstić information content (AvgIpc) is 3.22. The molecule has 9 heteroatoms. The lowest BCUT2D eigenvalue weighted by Gasteiger charge is -2.50. The molecule has 0 radical (unpaired) electrons. The maximum atomic E-state index is 13.3. The maximum absolute atomic E-state index is 13.3. The Balaban J connectivity index is 1.29. The largest absolute Gasteiger partial charge is 0.334 e. The number of nitrogens with one attached hydrogen (secondary N) is 3. The Morgan fingerprint density at radius 2 is 1.91 bits per heavy atom. The number of likely N-dealkylation sites (N-methyl/N-ethyl adjacent to an activating group) is 1. The fourth-order valence-electron chi connectivity index (χ4n) is 4.64. The topological polar surface area (TPSA) is 93.4 Å². The number of hydrogen-bond acceptors (Lipinski definition) is 4. The zero-order valence-corrected chi connectivity index (χ0v) is 17.8. The lowest BCUT2D eigenvalue weighted by atomic mass is 9.91. The molecule has 2 unspecified atom stereocenters. The van der Waals surface area contributed by atoms with Crippen LogP contribution >= 0.6 is 0 Å². The third kappa shape index (κ3) is 3.91. The minimum Gasteiger partial charge on any atom is -0.334 e.